The fourth-order valence-corrected chi connectivity index (χ4v) is 8.52. The van der Waals surface area contributed by atoms with Gasteiger partial charge < -0.3 is 9.32 Å². The lowest BCUT2D eigenvalue weighted by molar-refractivity contribution is 0.669. The Balaban J connectivity index is 1.30. The molecule has 0 radical (unpaired) electrons. The van der Waals surface area contributed by atoms with Crippen molar-refractivity contribution < 1.29 is 4.42 Å². The van der Waals surface area contributed by atoms with Crippen LogP contribution in [0.15, 0.2) is 168 Å². The number of hydrogen-bond acceptors (Lipinski definition) is 3. The van der Waals surface area contributed by atoms with Gasteiger partial charge in [-0.3, -0.25) is 0 Å². The third-order valence-corrected chi connectivity index (χ3v) is 10.6. The van der Waals surface area contributed by atoms with Gasteiger partial charge >= 0.3 is 0 Å². The van der Waals surface area contributed by atoms with Gasteiger partial charge in [0.15, 0.2) is 0 Å². The fourth-order valence-electron chi connectivity index (χ4n) is 7.40. The van der Waals surface area contributed by atoms with Gasteiger partial charge in [-0.15, -0.1) is 11.3 Å². The average molecular weight is 618 g/mol. The highest BCUT2D eigenvalue weighted by atomic mass is 32.1. The highest BCUT2D eigenvalue weighted by Gasteiger charge is 2.22. The van der Waals surface area contributed by atoms with Gasteiger partial charge in [0.25, 0.3) is 0 Å². The van der Waals surface area contributed by atoms with Gasteiger partial charge in [0.05, 0.1) is 11.4 Å². The van der Waals surface area contributed by atoms with Crippen LogP contribution in [0, 0.1) is 0 Å². The van der Waals surface area contributed by atoms with Gasteiger partial charge in [0.1, 0.15) is 11.2 Å². The van der Waals surface area contributed by atoms with E-state index in [-0.39, 0.29) is 0 Å². The second-order valence-electron chi connectivity index (χ2n) is 12.1. The van der Waals surface area contributed by atoms with E-state index in [1.54, 1.807) is 0 Å². The first kappa shape index (κ1) is 26.3. The number of anilines is 3. The average Bonchev–Trinajstić information content (AvgIpc) is 3.71. The summed E-state index contributed by atoms with van der Waals surface area (Å²) in [6.45, 7) is 0. The standard InChI is InChI=1S/C44H27NOS/c1-2-15-31-29(12-1)27-38(34-17-4-3-16-33(31)34)45(37-21-11-25-42-44(37)36-19-6-8-24-41(36)47-42)30-14-9-13-28(26-30)32-20-10-23-40-43(32)35-18-5-7-22-39(35)46-40/h1-27H. The molecule has 8 aromatic carbocycles. The second-order valence-corrected chi connectivity index (χ2v) is 13.2. The van der Waals surface area contributed by atoms with Crippen LogP contribution < -0.4 is 4.90 Å². The molecule has 0 aliphatic heterocycles. The van der Waals surface area contributed by atoms with E-state index in [2.05, 4.69) is 157 Å². The molecule has 2 aromatic heterocycles. The van der Waals surface area contributed by atoms with Crippen LogP contribution in [0.4, 0.5) is 17.1 Å². The molecule has 2 nitrogen and oxygen atoms in total. The van der Waals surface area contributed by atoms with Crippen LogP contribution in [0.5, 0.6) is 0 Å². The molecule has 10 aromatic rings. The molecule has 0 N–H and O–H groups in total. The fraction of sp³-hybridized carbons (Fsp3) is 0. The number of nitrogens with zero attached hydrogens (tertiary/aromatic N) is 1. The van der Waals surface area contributed by atoms with Crippen LogP contribution in [0.2, 0.25) is 0 Å². The summed E-state index contributed by atoms with van der Waals surface area (Å²) in [5.41, 5.74) is 7.56. The molecule has 0 bridgehead atoms. The Hall–Kier alpha value is -5.90. The van der Waals surface area contributed by atoms with Gasteiger partial charge in [0.2, 0.25) is 0 Å². The maximum Gasteiger partial charge on any atom is 0.136 e. The Bertz CT molecular complexity index is 2820. The summed E-state index contributed by atoms with van der Waals surface area (Å²) < 4.78 is 8.87. The molecule has 0 amide bonds. The summed E-state index contributed by atoms with van der Waals surface area (Å²) in [6.07, 6.45) is 0. The highest BCUT2D eigenvalue weighted by Crippen LogP contribution is 2.48. The number of furan rings is 1. The Morgan fingerprint density at radius 2 is 1.11 bits per heavy atom. The van der Waals surface area contributed by atoms with Gasteiger partial charge in [-0.05, 0) is 75.8 Å². The van der Waals surface area contributed by atoms with Crippen molar-refractivity contribution in [2.75, 3.05) is 4.90 Å². The van der Waals surface area contributed by atoms with Gasteiger partial charge in [-0.25, -0.2) is 0 Å². The summed E-state index contributed by atoms with van der Waals surface area (Å²) in [4.78, 5) is 2.48. The van der Waals surface area contributed by atoms with Gasteiger partial charge in [-0.1, -0.05) is 115 Å². The number of para-hydroxylation sites is 1. The molecule has 0 fully saturated rings. The van der Waals surface area contributed by atoms with Crippen molar-refractivity contribution in [1.29, 1.82) is 0 Å². The van der Waals surface area contributed by atoms with Crippen LogP contribution in [-0.2, 0) is 0 Å². The highest BCUT2D eigenvalue weighted by molar-refractivity contribution is 7.26. The number of rotatable bonds is 4. The number of thiophene rings is 1. The lowest BCUT2D eigenvalue weighted by Crippen LogP contribution is -2.11. The molecule has 0 saturated heterocycles. The summed E-state index contributed by atoms with van der Waals surface area (Å²) in [5, 5.41) is 9.79. The molecular formula is C44H27NOS. The van der Waals surface area contributed by atoms with Crippen molar-refractivity contribution in [2.45, 2.75) is 0 Å². The molecular weight excluding hydrogens is 591 g/mol. The molecule has 0 unspecified atom stereocenters. The van der Waals surface area contributed by atoms with Gasteiger partial charge in [-0.2, -0.15) is 0 Å². The Kier molecular flexibility index (Phi) is 5.78. The first-order valence-corrected chi connectivity index (χ1v) is 16.7. The maximum absolute atomic E-state index is 6.29. The second kappa shape index (κ2) is 10.3. The molecule has 220 valence electrons. The van der Waals surface area contributed by atoms with Crippen molar-refractivity contribution in [3.05, 3.63) is 164 Å². The zero-order chi connectivity index (χ0) is 30.9. The number of benzene rings is 8. The van der Waals surface area contributed by atoms with Crippen LogP contribution in [0.3, 0.4) is 0 Å². The van der Waals surface area contributed by atoms with E-state index >= 15 is 0 Å². The normalized spacial score (nSPS) is 11.8. The Morgan fingerprint density at radius 1 is 0.426 bits per heavy atom. The maximum atomic E-state index is 6.29. The predicted octanol–water partition coefficient (Wildman–Crippen LogP) is 13.4. The number of hydrogen-bond donors (Lipinski definition) is 0. The van der Waals surface area contributed by atoms with E-state index in [1.165, 1.54) is 47.4 Å². The van der Waals surface area contributed by atoms with Crippen LogP contribution in [0.1, 0.15) is 0 Å². The molecule has 0 spiro atoms. The summed E-state index contributed by atoms with van der Waals surface area (Å²) in [7, 11) is 0. The van der Waals surface area contributed by atoms with E-state index in [9.17, 15) is 0 Å². The first-order valence-electron chi connectivity index (χ1n) is 15.9. The first-order chi connectivity index (χ1) is 23.3. The predicted molar refractivity (Wildman–Crippen MR) is 202 cm³/mol. The zero-order valence-corrected chi connectivity index (χ0v) is 26.2. The van der Waals surface area contributed by atoms with Crippen molar-refractivity contribution in [1.82, 2.24) is 0 Å². The van der Waals surface area contributed by atoms with Gasteiger partial charge in [0, 0.05) is 42.0 Å². The monoisotopic (exact) mass is 617 g/mol. The minimum atomic E-state index is 0.904. The number of fused-ring (bicyclic) bond motifs is 9. The topological polar surface area (TPSA) is 16.4 Å². The van der Waals surface area contributed by atoms with Crippen molar-refractivity contribution in [3.63, 3.8) is 0 Å². The quantitative estimate of drug-likeness (QED) is 0.183. The lowest BCUT2D eigenvalue weighted by Gasteiger charge is -2.29. The lowest BCUT2D eigenvalue weighted by atomic mass is 9.97. The van der Waals surface area contributed by atoms with Crippen LogP contribution >= 0.6 is 11.3 Å². The minimum absolute atomic E-state index is 0.904. The molecule has 2 heterocycles. The van der Waals surface area contributed by atoms with E-state index in [0.717, 1.165) is 44.4 Å². The van der Waals surface area contributed by atoms with Crippen molar-refractivity contribution in [3.8, 4) is 11.1 Å². The minimum Gasteiger partial charge on any atom is -0.456 e. The SMILES string of the molecule is c1cc(-c2cccc3oc4ccccc4c23)cc(N(c2cc3ccccc3c3ccccc23)c2cccc3sc4ccccc4c23)c1. The largest absolute Gasteiger partial charge is 0.456 e. The van der Waals surface area contributed by atoms with Crippen LogP contribution in [0.25, 0.3) is 74.8 Å². The molecule has 10 rings (SSSR count). The van der Waals surface area contributed by atoms with E-state index in [0.29, 0.717) is 0 Å². The van der Waals surface area contributed by atoms with E-state index < -0.39 is 0 Å². The molecule has 0 atom stereocenters. The van der Waals surface area contributed by atoms with E-state index in [1.807, 2.05) is 23.5 Å². The summed E-state index contributed by atoms with van der Waals surface area (Å²) in [6, 6.07) is 59.1. The molecule has 0 aliphatic carbocycles. The Labute approximate surface area is 275 Å². The third kappa shape index (κ3) is 4.04. The summed E-state index contributed by atoms with van der Waals surface area (Å²) >= 11 is 1.86. The van der Waals surface area contributed by atoms with Crippen molar-refractivity contribution in [2.24, 2.45) is 0 Å². The molecule has 0 aliphatic rings. The summed E-state index contributed by atoms with van der Waals surface area (Å²) in [5.74, 6) is 0. The third-order valence-electron chi connectivity index (χ3n) is 9.43. The molecule has 0 saturated carbocycles. The van der Waals surface area contributed by atoms with Crippen molar-refractivity contribution >= 4 is 92.1 Å². The zero-order valence-electron chi connectivity index (χ0n) is 25.4. The smallest absolute Gasteiger partial charge is 0.136 e. The molecule has 3 heteroatoms. The Morgan fingerprint density at radius 3 is 2.02 bits per heavy atom. The van der Waals surface area contributed by atoms with E-state index in [4.69, 9.17) is 4.42 Å². The molecule has 47 heavy (non-hydrogen) atoms. The van der Waals surface area contributed by atoms with Crippen LogP contribution in [-0.4, -0.2) is 0 Å².